The molecule has 1 unspecified atom stereocenters. The minimum absolute atomic E-state index is 0.310. The summed E-state index contributed by atoms with van der Waals surface area (Å²) in [4.78, 5) is 26.3. The molecule has 2 amide bonds. The number of carbonyl (C=O) groups is 2. The first-order valence-corrected chi connectivity index (χ1v) is 5.96. The molecule has 1 atom stereocenters. The van der Waals surface area contributed by atoms with Crippen molar-refractivity contribution in [1.82, 2.24) is 10.3 Å². The van der Waals surface area contributed by atoms with Gasteiger partial charge in [0.15, 0.2) is 0 Å². The standard InChI is InChI=1S/C12H17N3O4/c1-3-9(11(16)17)15-12(18)14-8-5-6-10(13-7-8)19-4-2/h5-7,9H,3-4H2,1-2H3,(H,16,17)(H2,14,15,18). The lowest BCUT2D eigenvalue weighted by Crippen LogP contribution is -2.42. The topological polar surface area (TPSA) is 101 Å². The number of nitrogens with one attached hydrogen (secondary N) is 2. The van der Waals surface area contributed by atoms with Crippen molar-refractivity contribution in [3.8, 4) is 5.88 Å². The first kappa shape index (κ1) is 14.7. The SMILES string of the molecule is CCOc1ccc(NC(=O)NC(CC)C(=O)O)cn1. The monoisotopic (exact) mass is 267 g/mol. The second kappa shape index (κ2) is 7.20. The Morgan fingerprint density at radius 2 is 2.16 bits per heavy atom. The number of hydrogen-bond acceptors (Lipinski definition) is 4. The molecule has 19 heavy (non-hydrogen) atoms. The van der Waals surface area contributed by atoms with Crippen LogP contribution < -0.4 is 15.4 Å². The molecular formula is C12H17N3O4. The van der Waals surface area contributed by atoms with Crippen molar-refractivity contribution in [2.24, 2.45) is 0 Å². The predicted octanol–water partition coefficient (Wildman–Crippen LogP) is 1.47. The third-order valence-corrected chi connectivity index (χ3v) is 2.30. The van der Waals surface area contributed by atoms with Gasteiger partial charge in [0.2, 0.25) is 5.88 Å². The zero-order valence-electron chi connectivity index (χ0n) is 10.8. The molecule has 0 aliphatic rings. The van der Waals surface area contributed by atoms with E-state index in [0.717, 1.165) is 0 Å². The van der Waals surface area contributed by atoms with E-state index in [1.807, 2.05) is 6.92 Å². The van der Waals surface area contributed by atoms with Crippen LogP contribution in [0.1, 0.15) is 20.3 Å². The van der Waals surface area contributed by atoms with Crippen molar-refractivity contribution >= 4 is 17.7 Å². The number of amides is 2. The van der Waals surface area contributed by atoms with Crippen LogP contribution in [0.2, 0.25) is 0 Å². The van der Waals surface area contributed by atoms with Gasteiger partial charge in [0, 0.05) is 6.07 Å². The number of hydrogen-bond donors (Lipinski definition) is 3. The molecule has 3 N–H and O–H groups in total. The van der Waals surface area contributed by atoms with E-state index >= 15 is 0 Å². The van der Waals surface area contributed by atoms with Crippen LogP contribution in [0.3, 0.4) is 0 Å². The molecule has 0 fully saturated rings. The lowest BCUT2D eigenvalue weighted by atomic mass is 10.2. The average molecular weight is 267 g/mol. The zero-order chi connectivity index (χ0) is 14.3. The highest BCUT2D eigenvalue weighted by molar-refractivity contribution is 5.92. The summed E-state index contributed by atoms with van der Waals surface area (Å²) in [5.74, 6) is -0.604. The van der Waals surface area contributed by atoms with Crippen molar-refractivity contribution in [3.63, 3.8) is 0 Å². The van der Waals surface area contributed by atoms with E-state index in [-0.39, 0.29) is 0 Å². The molecule has 0 saturated heterocycles. The van der Waals surface area contributed by atoms with Crippen molar-refractivity contribution in [2.75, 3.05) is 11.9 Å². The molecule has 1 aromatic rings. The van der Waals surface area contributed by atoms with Crippen molar-refractivity contribution < 1.29 is 19.4 Å². The molecule has 1 heterocycles. The van der Waals surface area contributed by atoms with E-state index in [2.05, 4.69) is 15.6 Å². The molecule has 0 saturated carbocycles. The van der Waals surface area contributed by atoms with E-state index in [1.165, 1.54) is 6.20 Å². The molecule has 0 bridgehead atoms. The summed E-state index contributed by atoms with van der Waals surface area (Å²) in [6.45, 7) is 4.03. The van der Waals surface area contributed by atoms with Gasteiger partial charge in [0.25, 0.3) is 0 Å². The van der Waals surface area contributed by atoms with Gasteiger partial charge in [-0.05, 0) is 19.4 Å². The Bertz CT molecular complexity index is 433. The van der Waals surface area contributed by atoms with Crippen LogP contribution >= 0.6 is 0 Å². The van der Waals surface area contributed by atoms with Gasteiger partial charge in [-0.25, -0.2) is 14.6 Å². The van der Waals surface area contributed by atoms with Crippen molar-refractivity contribution in [3.05, 3.63) is 18.3 Å². The Hall–Kier alpha value is -2.31. The smallest absolute Gasteiger partial charge is 0.326 e. The van der Waals surface area contributed by atoms with Gasteiger partial charge in [-0.2, -0.15) is 0 Å². The lowest BCUT2D eigenvalue weighted by molar-refractivity contribution is -0.139. The van der Waals surface area contributed by atoms with E-state index in [0.29, 0.717) is 24.6 Å². The van der Waals surface area contributed by atoms with Crippen molar-refractivity contribution in [2.45, 2.75) is 26.3 Å². The number of pyridine rings is 1. The molecule has 0 aliphatic carbocycles. The van der Waals surface area contributed by atoms with Crippen LogP contribution in [-0.4, -0.2) is 34.7 Å². The lowest BCUT2D eigenvalue weighted by Gasteiger charge is -2.13. The summed E-state index contributed by atoms with van der Waals surface area (Å²) in [7, 11) is 0. The van der Waals surface area contributed by atoms with Gasteiger partial charge in [-0.15, -0.1) is 0 Å². The van der Waals surface area contributed by atoms with Gasteiger partial charge in [0.1, 0.15) is 6.04 Å². The van der Waals surface area contributed by atoms with E-state index < -0.39 is 18.0 Å². The first-order chi connectivity index (χ1) is 9.06. The molecule has 0 radical (unpaired) electrons. The number of urea groups is 1. The van der Waals surface area contributed by atoms with Crippen LogP contribution in [0.15, 0.2) is 18.3 Å². The van der Waals surface area contributed by atoms with E-state index in [1.54, 1.807) is 19.1 Å². The summed E-state index contributed by atoms with van der Waals surface area (Å²) >= 11 is 0. The summed E-state index contributed by atoms with van der Waals surface area (Å²) in [5, 5.41) is 13.7. The highest BCUT2D eigenvalue weighted by atomic mass is 16.5. The van der Waals surface area contributed by atoms with Gasteiger partial charge in [-0.1, -0.05) is 6.92 Å². The average Bonchev–Trinajstić information content (AvgIpc) is 2.38. The molecule has 7 heteroatoms. The fourth-order valence-corrected chi connectivity index (χ4v) is 1.35. The molecular weight excluding hydrogens is 250 g/mol. The number of carboxylic acids is 1. The van der Waals surface area contributed by atoms with Crippen LogP contribution in [-0.2, 0) is 4.79 Å². The number of rotatable bonds is 6. The maximum Gasteiger partial charge on any atom is 0.326 e. The number of aliphatic carboxylic acids is 1. The number of aromatic nitrogens is 1. The van der Waals surface area contributed by atoms with Gasteiger partial charge in [-0.3, -0.25) is 0 Å². The van der Waals surface area contributed by atoms with E-state index in [9.17, 15) is 9.59 Å². The molecule has 1 rings (SSSR count). The van der Waals surface area contributed by atoms with Gasteiger partial charge < -0.3 is 20.5 Å². The molecule has 0 spiro atoms. The van der Waals surface area contributed by atoms with Crippen molar-refractivity contribution in [1.29, 1.82) is 0 Å². The Balaban J connectivity index is 2.54. The fraction of sp³-hybridized carbons (Fsp3) is 0.417. The molecule has 0 aromatic carbocycles. The maximum absolute atomic E-state index is 11.6. The summed E-state index contributed by atoms with van der Waals surface area (Å²) in [6.07, 6.45) is 1.75. The fourth-order valence-electron chi connectivity index (χ4n) is 1.35. The zero-order valence-corrected chi connectivity index (χ0v) is 10.8. The molecule has 0 aliphatic heterocycles. The Morgan fingerprint density at radius 1 is 1.42 bits per heavy atom. The maximum atomic E-state index is 11.6. The summed E-state index contributed by atoms with van der Waals surface area (Å²) < 4.78 is 5.16. The van der Waals surface area contributed by atoms with Gasteiger partial charge in [0.05, 0.1) is 18.5 Å². The van der Waals surface area contributed by atoms with Crippen LogP contribution in [0.5, 0.6) is 5.88 Å². The highest BCUT2D eigenvalue weighted by Gasteiger charge is 2.17. The molecule has 104 valence electrons. The number of anilines is 1. The van der Waals surface area contributed by atoms with Gasteiger partial charge >= 0.3 is 12.0 Å². The number of nitrogens with zero attached hydrogens (tertiary/aromatic N) is 1. The number of carbonyl (C=O) groups excluding carboxylic acids is 1. The van der Waals surface area contributed by atoms with E-state index in [4.69, 9.17) is 9.84 Å². The Morgan fingerprint density at radius 3 is 2.63 bits per heavy atom. The van der Waals surface area contributed by atoms with Crippen LogP contribution in [0, 0.1) is 0 Å². The first-order valence-electron chi connectivity index (χ1n) is 5.96. The second-order valence-electron chi connectivity index (χ2n) is 3.72. The number of ether oxygens (including phenoxy) is 1. The largest absolute Gasteiger partial charge is 0.480 e. The van der Waals surface area contributed by atoms with Crippen LogP contribution in [0.25, 0.3) is 0 Å². The normalized spacial score (nSPS) is 11.5. The Kier molecular flexibility index (Phi) is 5.59. The minimum atomic E-state index is -1.07. The Labute approximate surface area is 111 Å². The number of carboxylic acid groups (broad SMARTS) is 1. The highest BCUT2D eigenvalue weighted by Crippen LogP contribution is 2.11. The van der Waals surface area contributed by atoms with Crippen LogP contribution in [0.4, 0.5) is 10.5 Å². The molecule has 1 aromatic heterocycles. The minimum Gasteiger partial charge on any atom is -0.480 e. The third-order valence-electron chi connectivity index (χ3n) is 2.30. The quantitative estimate of drug-likeness (QED) is 0.724. The molecule has 7 nitrogen and oxygen atoms in total. The summed E-state index contributed by atoms with van der Waals surface area (Å²) in [5.41, 5.74) is 0.459. The third kappa shape index (κ3) is 4.82. The summed E-state index contributed by atoms with van der Waals surface area (Å²) in [6, 6.07) is 1.75. The predicted molar refractivity (Wildman–Crippen MR) is 69.3 cm³/mol. The second-order valence-corrected chi connectivity index (χ2v) is 3.72.